The van der Waals surface area contributed by atoms with Crippen LogP contribution in [0.5, 0.6) is 0 Å². The molecule has 0 radical (unpaired) electrons. The minimum atomic E-state index is -0.0648. The van der Waals surface area contributed by atoms with Crippen molar-refractivity contribution in [2.45, 2.75) is 13.5 Å². The fourth-order valence-electron chi connectivity index (χ4n) is 0.702. The Hall–Kier alpha value is -1.24. The van der Waals surface area contributed by atoms with E-state index >= 15 is 0 Å². The summed E-state index contributed by atoms with van der Waals surface area (Å²) in [6.45, 7) is 2.51. The van der Waals surface area contributed by atoms with Gasteiger partial charge in [-0.25, -0.2) is 9.78 Å². The van der Waals surface area contributed by atoms with Gasteiger partial charge in [0.05, 0.1) is 6.54 Å². The van der Waals surface area contributed by atoms with Crippen LogP contribution in [0.3, 0.4) is 0 Å². The summed E-state index contributed by atoms with van der Waals surface area (Å²) >= 11 is 4.83. The third-order valence-electron chi connectivity index (χ3n) is 1.23. The van der Waals surface area contributed by atoms with Gasteiger partial charge in [0.15, 0.2) is 0 Å². The SMILES string of the molecule is CC(=O)NCCn1nn[nH]c1=S. The number of H-pyrrole nitrogens is 1. The van der Waals surface area contributed by atoms with Crippen molar-refractivity contribution >= 4 is 18.1 Å². The summed E-state index contributed by atoms with van der Waals surface area (Å²) in [5, 5.41) is 12.3. The molecule has 1 heterocycles. The lowest BCUT2D eigenvalue weighted by molar-refractivity contribution is -0.118. The Balaban J connectivity index is 2.39. The zero-order valence-corrected chi connectivity index (χ0v) is 7.39. The number of carbonyl (C=O) groups is 1. The average molecular weight is 187 g/mol. The smallest absolute Gasteiger partial charge is 0.216 e. The first-order valence-electron chi connectivity index (χ1n) is 3.43. The van der Waals surface area contributed by atoms with Crippen LogP contribution in [0, 0.1) is 4.77 Å². The molecule has 12 heavy (non-hydrogen) atoms. The molecule has 0 bridgehead atoms. The van der Waals surface area contributed by atoms with Crippen LogP contribution in [0.25, 0.3) is 0 Å². The van der Waals surface area contributed by atoms with E-state index in [1.54, 1.807) is 0 Å². The van der Waals surface area contributed by atoms with Crippen LogP contribution in [0.1, 0.15) is 6.92 Å². The number of aromatic nitrogens is 4. The van der Waals surface area contributed by atoms with Gasteiger partial charge >= 0.3 is 0 Å². The number of tetrazole rings is 1. The Kier molecular flexibility index (Phi) is 2.92. The molecule has 6 nitrogen and oxygen atoms in total. The highest BCUT2D eigenvalue weighted by molar-refractivity contribution is 7.71. The molecule has 2 N–H and O–H groups in total. The molecule has 0 saturated carbocycles. The fraction of sp³-hybridized carbons (Fsp3) is 0.600. The lowest BCUT2D eigenvalue weighted by Gasteiger charge is -1.99. The Bertz CT molecular complexity index is 316. The van der Waals surface area contributed by atoms with Crippen molar-refractivity contribution in [3.05, 3.63) is 4.77 Å². The maximum Gasteiger partial charge on any atom is 0.216 e. The van der Waals surface area contributed by atoms with Gasteiger partial charge in [0.25, 0.3) is 0 Å². The topological polar surface area (TPSA) is 75.6 Å². The molecule has 1 rings (SSSR count). The van der Waals surface area contributed by atoms with Gasteiger partial charge in [0, 0.05) is 13.5 Å². The first kappa shape index (κ1) is 8.85. The number of aromatic amines is 1. The normalized spacial score (nSPS) is 9.75. The third-order valence-corrected chi connectivity index (χ3v) is 1.53. The summed E-state index contributed by atoms with van der Waals surface area (Å²) in [6.07, 6.45) is 0. The molecule has 0 saturated heterocycles. The first-order chi connectivity index (χ1) is 5.70. The van der Waals surface area contributed by atoms with Crippen molar-refractivity contribution in [1.82, 2.24) is 25.5 Å². The van der Waals surface area contributed by atoms with Crippen LogP contribution in [-0.2, 0) is 11.3 Å². The molecule has 0 atom stereocenters. The summed E-state index contributed by atoms with van der Waals surface area (Å²) in [5.74, 6) is -0.0648. The average Bonchev–Trinajstić information content (AvgIpc) is 2.36. The van der Waals surface area contributed by atoms with E-state index in [0.717, 1.165) is 0 Å². The summed E-state index contributed by atoms with van der Waals surface area (Å²) in [6, 6.07) is 0. The second-order valence-corrected chi connectivity index (χ2v) is 2.60. The van der Waals surface area contributed by atoms with Gasteiger partial charge in [-0.2, -0.15) is 0 Å². The Morgan fingerprint density at radius 1 is 1.83 bits per heavy atom. The molecule has 1 aromatic rings. The van der Waals surface area contributed by atoms with Crippen LogP contribution in [-0.4, -0.2) is 32.7 Å². The predicted molar refractivity (Wildman–Crippen MR) is 43.9 cm³/mol. The van der Waals surface area contributed by atoms with Gasteiger partial charge < -0.3 is 5.32 Å². The van der Waals surface area contributed by atoms with Gasteiger partial charge in [-0.15, -0.1) is 0 Å². The maximum atomic E-state index is 10.5. The molecule has 1 aromatic heterocycles. The summed E-state index contributed by atoms with van der Waals surface area (Å²) < 4.78 is 1.96. The van der Waals surface area contributed by atoms with Crippen LogP contribution in [0.15, 0.2) is 0 Å². The molecule has 66 valence electrons. The number of amides is 1. The maximum absolute atomic E-state index is 10.5. The molecule has 0 aliphatic carbocycles. The molecule has 0 unspecified atom stereocenters. The fourth-order valence-corrected chi connectivity index (χ4v) is 0.870. The van der Waals surface area contributed by atoms with Crippen molar-refractivity contribution in [3.8, 4) is 0 Å². The van der Waals surface area contributed by atoms with E-state index in [2.05, 4.69) is 20.8 Å². The zero-order valence-electron chi connectivity index (χ0n) is 6.57. The van der Waals surface area contributed by atoms with Gasteiger partial charge in [0.1, 0.15) is 0 Å². The Labute approximate surface area is 73.9 Å². The van der Waals surface area contributed by atoms with Crippen LogP contribution in [0.2, 0.25) is 0 Å². The number of nitrogens with zero attached hydrogens (tertiary/aromatic N) is 3. The van der Waals surface area contributed by atoms with Gasteiger partial charge in [0.2, 0.25) is 10.7 Å². The summed E-state index contributed by atoms with van der Waals surface area (Å²) in [4.78, 5) is 10.5. The van der Waals surface area contributed by atoms with Crippen molar-refractivity contribution in [1.29, 1.82) is 0 Å². The first-order valence-corrected chi connectivity index (χ1v) is 3.83. The number of rotatable bonds is 3. The van der Waals surface area contributed by atoms with Crippen molar-refractivity contribution < 1.29 is 4.79 Å². The van der Waals surface area contributed by atoms with E-state index in [1.165, 1.54) is 11.6 Å². The molecule has 0 fully saturated rings. The van der Waals surface area contributed by atoms with Crippen LogP contribution in [0.4, 0.5) is 0 Å². The second kappa shape index (κ2) is 3.96. The molecule has 1 amide bonds. The van der Waals surface area contributed by atoms with E-state index in [9.17, 15) is 4.79 Å². The highest BCUT2D eigenvalue weighted by atomic mass is 32.1. The largest absolute Gasteiger partial charge is 0.354 e. The summed E-state index contributed by atoms with van der Waals surface area (Å²) in [7, 11) is 0. The Morgan fingerprint density at radius 2 is 2.58 bits per heavy atom. The number of hydrogen-bond acceptors (Lipinski definition) is 4. The highest BCUT2D eigenvalue weighted by Crippen LogP contribution is 1.80. The van der Waals surface area contributed by atoms with E-state index in [0.29, 0.717) is 17.9 Å². The lowest BCUT2D eigenvalue weighted by atomic mass is 10.6. The van der Waals surface area contributed by atoms with E-state index in [-0.39, 0.29) is 5.91 Å². The number of nitrogens with one attached hydrogen (secondary N) is 2. The molecule has 0 aliphatic rings. The van der Waals surface area contributed by atoms with E-state index in [4.69, 9.17) is 12.2 Å². The summed E-state index contributed by atoms with van der Waals surface area (Å²) in [5.41, 5.74) is 0. The molecular weight excluding hydrogens is 178 g/mol. The van der Waals surface area contributed by atoms with Crippen molar-refractivity contribution in [3.63, 3.8) is 0 Å². The van der Waals surface area contributed by atoms with E-state index in [1.807, 2.05) is 0 Å². The van der Waals surface area contributed by atoms with Gasteiger partial charge in [-0.3, -0.25) is 4.79 Å². The highest BCUT2D eigenvalue weighted by Gasteiger charge is 1.95. The monoisotopic (exact) mass is 187 g/mol. The zero-order chi connectivity index (χ0) is 8.97. The predicted octanol–water partition coefficient (Wildman–Crippen LogP) is -0.528. The standard InChI is InChI=1S/C5H9N5OS/c1-4(11)6-2-3-10-5(12)7-8-9-10/h2-3H2,1H3,(H,6,11)(H,7,9,12). The van der Waals surface area contributed by atoms with E-state index < -0.39 is 0 Å². The molecule has 7 heteroatoms. The molecule has 0 aromatic carbocycles. The minimum Gasteiger partial charge on any atom is -0.354 e. The molecule has 0 aliphatic heterocycles. The van der Waals surface area contributed by atoms with Gasteiger partial charge in [-0.1, -0.05) is 0 Å². The lowest BCUT2D eigenvalue weighted by Crippen LogP contribution is -2.24. The number of carbonyl (C=O) groups excluding carboxylic acids is 1. The van der Waals surface area contributed by atoms with Crippen molar-refractivity contribution in [2.24, 2.45) is 0 Å². The number of hydrogen-bond donors (Lipinski definition) is 2. The minimum absolute atomic E-state index is 0.0648. The quantitative estimate of drug-likeness (QED) is 0.624. The molecule has 0 spiro atoms. The third kappa shape index (κ3) is 2.42. The second-order valence-electron chi connectivity index (χ2n) is 2.21. The van der Waals surface area contributed by atoms with Crippen LogP contribution < -0.4 is 5.32 Å². The Morgan fingerprint density at radius 3 is 3.08 bits per heavy atom. The van der Waals surface area contributed by atoms with Crippen LogP contribution >= 0.6 is 12.2 Å². The molecular formula is C5H9N5OS. The van der Waals surface area contributed by atoms with Gasteiger partial charge in [-0.05, 0) is 22.6 Å². The van der Waals surface area contributed by atoms with Crippen molar-refractivity contribution in [2.75, 3.05) is 6.54 Å².